The third kappa shape index (κ3) is 3.03. The van der Waals surface area contributed by atoms with Gasteiger partial charge in [-0.25, -0.2) is 4.39 Å². The first kappa shape index (κ1) is 16.2. The van der Waals surface area contributed by atoms with Crippen molar-refractivity contribution in [2.75, 3.05) is 14.2 Å². The summed E-state index contributed by atoms with van der Waals surface area (Å²) in [6.45, 7) is 0. The number of ether oxygens (including phenoxy) is 2. The number of methoxy groups -OCH3 is 2. The summed E-state index contributed by atoms with van der Waals surface area (Å²) >= 11 is 1.25. The van der Waals surface area contributed by atoms with Crippen molar-refractivity contribution in [3.05, 3.63) is 70.9 Å². The molecule has 0 atom stereocenters. The van der Waals surface area contributed by atoms with Gasteiger partial charge in [0.2, 0.25) is 5.78 Å². The molecule has 3 rings (SSSR count). The molecule has 24 heavy (non-hydrogen) atoms. The van der Waals surface area contributed by atoms with Gasteiger partial charge in [-0.2, -0.15) is 0 Å². The first-order valence-electron chi connectivity index (χ1n) is 7.25. The lowest BCUT2D eigenvalue weighted by molar-refractivity contribution is 0.104. The maximum absolute atomic E-state index is 14.4. The van der Waals surface area contributed by atoms with Gasteiger partial charge in [0.05, 0.1) is 19.1 Å². The van der Waals surface area contributed by atoms with Crippen LogP contribution < -0.4 is 9.47 Å². The van der Waals surface area contributed by atoms with Gasteiger partial charge in [-0.3, -0.25) is 4.79 Å². The van der Waals surface area contributed by atoms with Crippen LogP contribution in [0.2, 0.25) is 0 Å². The van der Waals surface area contributed by atoms with Gasteiger partial charge >= 0.3 is 0 Å². The molecule has 0 spiro atoms. The van der Waals surface area contributed by atoms with Gasteiger partial charge in [0.15, 0.2) is 11.6 Å². The second kappa shape index (κ2) is 6.84. The largest absolute Gasteiger partial charge is 0.497 e. The molecular weight excluding hydrogens is 327 g/mol. The van der Waals surface area contributed by atoms with E-state index in [1.807, 2.05) is 0 Å². The number of carbonyl (C=O) groups is 1. The van der Waals surface area contributed by atoms with Crippen LogP contribution in [0.25, 0.3) is 10.4 Å². The van der Waals surface area contributed by atoms with E-state index >= 15 is 0 Å². The van der Waals surface area contributed by atoms with Crippen LogP contribution in [-0.2, 0) is 0 Å². The highest BCUT2D eigenvalue weighted by Crippen LogP contribution is 2.34. The highest BCUT2D eigenvalue weighted by Gasteiger charge is 2.16. The van der Waals surface area contributed by atoms with E-state index in [9.17, 15) is 9.18 Å². The van der Waals surface area contributed by atoms with Crippen LogP contribution in [0.15, 0.2) is 54.6 Å². The molecule has 0 amide bonds. The predicted octanol–water partition coefficient (Wildman–Crippen LogP) is 4.80. The zero-order valence-corrected chi connectivity index (χ0v) is 14.0. The van der Waals surface area contributed by atoms with E-state index in [-0.39, 0.29) is 11.5 Å². The second-order valence-electron chi connectivity index (χ2n) is 5.05. The fourth-order valence-corrected chi connectivity index (χ4v) is 3.36. The summed E-state index contributed by atoms with van der Waals surface area (Å²) in [6.07, 6.45) is 0. The highest BCUT2D eigenvalue weighted by atomic mass is 32.1. The lowest BCUT2D eigenvalue weighted by atomic mass is 10.1. The number of carbonyl (C=O) groups excluding carboxylic acids is 1. The molecule has 1 heterocycles. The lowest BCUT2D eigenvalue weighted by Crippen LogP contribution is -1.98. The molecule has 1 aromatic heterocycles. The molecule has 0 saturated heterocycles. The maximum atomic E-state index is 14.4. The number of ketones is 1. The summed E-state index contributed by atoms with van der Waals surface area (Å²) in [5, 5.41) is 0. The third-order valence-corrected chi connectivity index (χ3v) is 4.73. The Balaban J connectivity index is 1.94. The van der Waals surface area contributed by atoms with Gasteiger partial charge in [-0.15, -0.1) is 11.3 Å². The Bertz CT molecular complexity index is 886. The molecule has 0 aliphatic carbocycles. The minimum Gasteiger partial charge on any atom is -0.497 e. The predicted molar refractivity (Wildman–Crippen MR) is 92.7 cm³/mol. The summed E-state index contributed by atoms with van der Waals surface area (Å²) in [5.41, 5.74) is 0.956. The first-order valence-corrected chi connectivity index (χ1v) is 8.07. The maximum Gasteiger partial charge on any atom is 0.203 e. The second-order valence-corrected chi connectivity index (χ2v) is 6.13. The minimum absolute atomic E-state index is 0.117. The van der Waals surface area contributed by atoms with Crippen molar-refractivity contribution < 1.29 is 18.7 Å². The number of hydrogen-bond acceptors (Lipinski definition) is 4. The van der Waals surface area contributed by atoms with E-state index in [2.05, 4.69) is 0 Å². The third-order valence-electron chi connectivity index (χ3n) is 3.61. The molecule has 0 saturated carbocycles. The quantitative estimate of drug-likeness (QED) is 0.625. The highest BCUT2D eigenvalue weighted by molar-refractivity contribution is 7.17. The fourth-order valence-electron chi connectivity index (χ4n) is 2.37. The number of hydrogen-bond donors (Lipinski definition) is 0. The van der Waals surface area contributed by atoms with Gasteiger partial charge < -0.3 is 9.47 Å². The van der Waals surface area contributed by atoms with E-state index in [1.165, 1.54) is 18.4 Å². The Labute approximate surface area is 143 Å². The van der Waals surface area contributed by atoms with Crippen LogP contribution in [0.1, 0.15) is 15.2 Å². The van der Waals surface area contributed by atoms with Crippen LogP contribution in [0, 0.1) is 5.82 Å². The van der Waals surface area contributed by atoms with Crippen LogP contribution in [0.3, 0.4) is 0 Å². The average molecular weight is 342 g/mol. The molecule has 0 unspecified atom stereocenters. The normalized spacial score (nSPS) is 10.5. The molecule has 3 nitrogen and oxygen atoms in total. The summed E-state index contributed by atoms with van der Waals surface area (Å²) in [7, 11) is 2.98. The summed E-state index contributed by atoms with van der Waals surface area (Å²) in [5.74, 6) is 0.258. The van der Waals surface area contributed by atoms with Crippen molar-refractivity contribution in [2.45, 2.75) is 0 Å². The van der Waals surface area contributed by atoms with Crippen LogP contribution in [-0.4, -0.2) is 20.0 Å². The molecule has 122 valence electrons. The number of benzene rings is 2. The zero-order chi connectivity index (χ0) is 17.1. The Morgan fingerprint density at radius 1 is 1.00 bits per heavy atom. The van der Waals surface area contributed by atoms with Crippen LogP contribution >= 0.6 is 11.3 Å². The standard InChI is InChI=1S/C19H15FO3S/c1-22-13-6-3-5-12(11-13)19(21)17-10-9-16(24-17)14-7-4-8-15(23-2)18(14)20/h3-11H,1-2H3. The monoisotopic (exact) mass is 342 g/mol. The van der Waals surface area contributed by atoms with Gasteiger partial charge in [-0.05, 0) is 30.3 Å². The van der Waals surface area contributed by atoms with Gasteiger partial charge in [-0.1, -0.05) is 24.3 Å². The molecule has 5 heteroatoms. The average Bonchev–Trinajstić information content (AvgIpc) is 3.11. The fraction of sp³-hybridized carbons (Fsp3) is 0.105. The molecule has 2 aromatic carbocycles. The van der Waals surface area contributed by atoms with Crippen molar-refractivity contribution >= 4 is 17.1 Å². The van der Waals surface area contributed by atoms with Gasteiger partial charge in [0, 0.05) is 16.0 Å². The van der Waals surface area contributed by atoms with Gasteiger partial charge in [0.1, 0.15) is 5.75 Å². The number of rotatable bonds is 5. The molecule has 0 fully saturated rings. The summed E-state index contributed by atoms with van der Waals surface area (Å²) < 4.78 is 24.5. The van der Waals surface area contributed by atoms with Crippen molar-refractivity contribution in [3.8, 4) is 21.9 Å². The van der Waals surface area contributed by atoms with Gasteiger partial charge in [0.25, 0.3) is 0 Å². The van der Waals surface area contributed by atoms with Crippen molar-refractivity contribution in [1.82, 2.24) is 0 Å². The van der Waals surface area contributed by atoms with E-state index in [0.29, 0.717) is 26.6 Å². The van der Waals surface area contributed by atoms with Crippen LogP contribution in [0.5, 0.6) is 11.5 Å². The molecule has 0 radical (unpaired) electrons. The SMILES string of the molecule is COc1cccc(C(=O)c2ccc(-c3cccc(OC)c3F)s2)c1. The zero-order valence-electron chi connectivity index (χ0n) is 13.2. The molecule has 0 aliphatic rings. The van der Waals surface area contributed by atoms with E-state index in [0.717, 1.165) is 0 Å². The smallest absolute Gasteiger partial charge is 0.203 e. The van der Waals surface area contributed by atoms with Crippen molar-refractivity contribution in [3.63, 3.8) is 0 Å². The van der Waals surface area contributed by atoms with E-state index in [4.69, 9.17) is 9.47 Å². The lowest BCUT2D eigenvalue weighted by Gasteiger charge is -2.05. The Morgan fingerprint density at radius 3 is 2.54 bits per heavy atom. The topological polar surface area (TPSA) is 35.5 Å². The molecule has 0 aliphatic heterocycles. The summed E-state index contributed by atoms with van der Waals surface area (Å²) in [4.78, 5) is 13.8. The van der Waals surface area contributed by atoms with Crippen LogP contribution in [0.4, 0.5) is 4.39 Å². The van der Waals surface area contributed by atoms with E-state index < -0.39 is 5.82 Å². The first-order chi connectivity index (χ1) is 11.6. The molecule has 0 N–H and O–H groups in total. The van der Waals surface area contributed by atoms with E-state index in [1.54, 1.807) is 61.7 Å². The molecule has 0 bridgehead atoms. The minimum atomic E-state index is -0.428. The van der Waals surface area contributed by atoms with Crippen molar-refractivity contribution in [2.24, 2.45) is 0 Å². The molecular formula is C19H15FO3S. The Kier molecular flexibility index (Phi) is 4.62. The summed E-state index contributed by atoms with van der Waals surface area (Å²) in [6, 6.07) is 15.4. The number of thiophene rings is 1. The van der Waals surface area contributed by atoms with Crippen molar-refractivity contribution in [1.29, 1.82) is 0 Å². The Morgan fingerprint density at radius 2 is 1.79 bits per heavy atom. The molecule has 3 aromatic rings. The Hall–Kier alpha value is -2.66. The number of halogens is 1.